The molecule has 0 fully saturated rings. The molecule has 0 aliphatic carbocycles. The summed E-state index contributed by atoms with van der Waals surface area (Å²) in [6, 6.07) is 0. The summed E-state index contributed by atoms with van der Waals surface area (Å²) in [5, 5.41) is 0. The molecule has 0 amide bonds. The molecule has 0 radical (unpaired) electrons. The predicted octanol–water partition coefficient (Wildman–Crippen LogP) is 11.7. The molecule has 2 heteroatoms. The molecular weight excluding hydrogens is 490 g/mol. The largest absolute Gasteiger partial charge is 0.147 e. The Morgan fingerprint density at radius 3 is 0.833 bits per heavy atom. The molecule has 0 saturated carbocycles. The summed E-state index contributed by atoms with van der Waals surface area (Å²) in [5.41, 5.74) is 0. The van der Waals surface area contributed by atoms with Crippen molar-refractivity contribution >= 4 is 30.8 Å². The van der Waals surface area contributed by atoms with E-state index >= 15 is 0 Å². The van der Waals surface area contributed by atoms with E-state index in [1.807, 2.05) is 0 Å². The van der Waals surface area contributed by atoms with Crippen LogP contribution in [-0.2, 0) is 0 Å². The maximum Gasteiger partial charge on any atom is -0.147 e. The first-order valence-electron chi connectivity index (χ1n) is 14.2. The minimum Gasteiger partial charge on any atom is -0.147 e. The maximum absolute atomic E-state index is 2.43. The van der Waals surface area contributed by atoms with Crippen LogP contribution in [0.15, 0.2) is 0 Å². The van der Waals surface area contributed by atoms with E-state index in [-0.39, 0.29) is 12.4 Å². The molecule has 30 heavy (non-hydrogen) atoms. The van der Waals surface area contributed by atoms with Crippen LogP contribution in [-0.4, -0.2) is 18.4 Å². The van der Waals surface area contributed by atoms with Crippen molar-refractivity contribution in [2.75, 3.05) is 0 Å². The molecule has 0 bridgehead atoms. The van der Waals surface area contributed by atoms with Crippen LogP contribution >= 0.6 is 12.4 Å². The fraction of sp³-hybridized carbons (Fsp3) is 1.00. The van der Waals surface area contributed by atoms with Gasteiger partial charge in [0.1, 0.15) is 0 Å². The molecular formula is C28H61ClSn. The van der Waals surface area contributed by atoms with E-state index in [1.54, 1.807) is 43.4 Å². The monoisotopic (exact) mass is 552 g/mol. The van der Waals surface area contributed by atoms with Crippen molar-refractivity contribution in [2.45, 2.75) is 174 Å². The van der Waals surface area contributed by atoms with E-state index in [4.69, 9.17) is 0 Å². The summed E-state index contributed by atoms with van der Waals surface area (Å²) in [6.07, 6.45) is 29.9. The van der Waals surface area contributed by atoms with Crippen LogP contribution in [0.5, 0.6) is 0 Å². The van der Waals surface area contributed by atoms with E-state index in [0.29, 0.717) is 0 Å². The molecule has 0 atom stereocenters. The van der Waals surface area contributed by atoms with Crippen LogP contribution in [0.25, 0.3) is 0 Å². The summed E-state index contributed by atoms with van der Waals surface area (Å²) in [4.78, 5) is 0. The van der Waals surface area contributed by atoms with Gasteiger partial charge in [-0.25, -0.2) is 0 Å². The molecule has 0 aliphatic rings. The second-order valence-electron chi connectivity index (χ2n) is 10.2. The Balaban J connectivity index is 0. The Morgan fingerprint density at radius 1 is 0.300 bits per heavy atom. The van der Waals surface area contributed by atoms with Gasteiger partial charge in [-0.15, -0.1) is 12.4 Å². The second kappa shape index (κ2) is 26.3. The van der Waals surface area contributed by atoms with E-state index < -0.39 is 18.4 Å². The first kappa shape index (κ1) is 33.3. The molecule has 184 valence electrons. The van der Waals surface area contributed by atoms with Crippen LogP contribution < -0.4 is 0 Å². The Morgan fingerprint density at radius 2 is 0.533 bits per heavy atom. The van der Waals surface area contributed by atoms with Crippen LogP contribution in [0.2, 0.25) is 17.7 Å². The van der Waals surface area contributed by atoms with Gasteiger partial charge in [0.25, 0.3) is 0 Å². The average Bonchev–Trinajstić information content (AvgIpc) is 2.74. The SMILES string of the molecule is CCCCCCC[CH2][Sn]([CH2]CCC)([CH2]CCCCCCC)[CH2]CCCCCCC.Cl. The van der Waals surface area contributed by atoms with Gasteiger partial charge < -0.3 is 0 Å². The number of unbranched alkanes of at least 4 members (excludes halogenated alkanes) is 16. The summed E-state index contributed by atoms with van der Waals surface area (Å²) in [7, 11) is 0. The van der Waals surface area contributed by atoms with E-state index in [2.05, 4.69) is 27.7 Å². The van der Waals surface area contributed by atoms with Gasteiger partial charge in [-0.2, -0.15) is 0 Å². The Labute approximate surface area is 203 Å². The quantitative estimate of drug-likeness (QED) is 0.0826. The van der Waals surface area contributed by atoms with Crippen LogP contribution in [0.1, 0.15) is 156 Å². The van der Waals surface area contributed by atoms with Gasteiger partial charge in [0, 0.05) is 0 Å². The third-order valence-corrected chi connectivity index (χ3v) is 23.4. The molecule has 0 unspecified atom stereocenters. The first-order valence-corrected chi connectivity index (χ1v) is 22.3. The van der Waals surface area contributed by atoms with Gasteiger partial charge in [-0.3, -0.25) is 0 Å². The Bertz CT molecular complexity index is 264. The number of halogens is 1. The minimum absolute atomic E-state index is 0. The normalized spacial score (nSPS) is 11.6. The zero-order chi connectivity index (χ0) is 21.5. The first-order chi connectivity index (χ1) is 14.2. The van der Waals surface area contributed by atoms with Gasteiger partial charge in [0.15, 0.2) is 0 Å². The molecule has 0 saturated heterocycles. The molecule has 0 spiro atoms. The molecule has 0 heterocycles. The number of rotatable bonds is 24. The predicted molar refractivity (Wildman–Crippen MR) is 147 cm³/mol. The summed E-state index contributed by atoms with van der Waals surface area (Å²) < 4.78 is 6.95. The topological polar surface area (TPSA) is 0 Å². The van der Waals surface area contributed by atoms with Crippen LogP contribution in [0.4, 0.5) is 0 Å². The summed E-state index contributed by atoms with van der Waals surface area (Å²) in [5.74, 6) is 0. The van der Waals surface area contributed by atoms with Gasteiger partial charge in [0.05, 0.1) is 0 Å². The Kier molecular flexibility index (Phi) is 29.2. The van der Waals surface area contributed by atoms with Crippen molar-refractivity contribution < 1.29 is 0 Å². The smallest absolute Gasteiger partial charge is 0.147 e. The van der Waals surface area contributed by atoms with Gasteiger partial charge >= 0.3 is 192 Å². The van der Waals surface area contributed by atoms with E-state index in [9.17, 15) is 0 Å². The maximum atomic E-state index is 2.43. The molecule has 0 aromatic carbocycles. The van der Waals surface area contributed by atoms with Crippen molar-refractivity contribution in [3.05, 3.63) is 0 Å². The van der Waals surface area contributed by atoms with Crippen molar-refractivity contribution in [3.63, 3.8) is 0 Å². The third kappa shape index (κ3) is 21.0. The number of hydrogen-bond acceptors (Lipinski definition) is 0. The molecule has 0 N–H and O–H groups in total. The van der Waals surface area contributed by atoms with E-state index in [1.165, 1.54) is 103 Å². The third-order valence-electron chi connectivity index (χ3n) is 7.24. The standard InChI is InChI=1S/3C8H17.C4H9.ClH.Sn/c3*1-3-5-7-8-6-4-2;1-3-4-2;;/h3*1,3-8H2,2H3;1,3-4H2,2H3;1H;. The molecule has 0 aromatic heterocycles. The fourth-order valence-corrected chi connectivity index (χ4v) is 21.1. The van der Waals surface area contributed by atoms with Crippen LogP contribution in [0, 0.1) is 0 Å². The zero-order valence-corrected chi connectivity index (χ0v) is 25.5. The van der Waals surface area contributed by atoms with Gasteiger partial charge in [-0.1, -0.05) is 0 Å². The zero-order valence-electron chi connectivity index (χ0n) is 21.9. The van der Waals surface area contributed by atoms with Crippen molar-refractivity contribution in [1.29, 1.82) is 0 Å². The summed E-state index contributed by atoms with van der Waals surface area (Å²) >= 11 is -1.90. The minimum atomic E-state index is -1.90. The fourth-order valence-electron chi connectivity index (χ4n) is 5.14. The molecule has 0 aliphatic heterocycles. The van der Waals surface area contributed by atoms with Crippen molar-refractivity contribution in [2.24, 2.45) is 0 Å². The van der Waals surface area contributed by atoms with E-state index in [0.717, 1.165) is 0 Å². The average molecular weight is 552 g/mol. The van der Waals surface area contributed by atoms with Crippen molar-refractivity contribution in [3.8, 4) is 0 Å². The molecule has 0 nitrogen and oxygen atoms in total. The van der Waals surface area contributed by atoms with Gasteiger partial charge in [-0.05, 0) is 0 Å². The summed E-state index contributed by atoms with van der Waals surface area (Å²) in [6.45, 7) is 9.45. The van der Waals surface area contributed by atoms with Gasteiger partial charge in [0.2, 0.25) is 0 Å². The second-order valence-corrected chi connectivity index (χ2v) is 24.4. The molecule has 0 aromatic rings. The number of hydrogen-bond donors (Lipinski definition) is 0. The Hall–Kier alpha value is 1.09. The molecule has 0 rings (SSSR count). The van der Waals surface area contributed by atoms with Crippen molar-refractivity contribution in [1.82, 2.24) is 0 Å². The van der Waals surface area contributed by atoms with Crippen LogP contribution in [0.3, 0.4) is 0 Å².